The fourth-order valence-corrected chi connectivity index (χ4v) is 3.20. The Morgan fingerprint density at radius 1 is 1.17 bits per heavy atom. The molecule has 3 rings (SSSR count). The van der Waals surface area contributed by atoms with Crippen LogP contribution in [0.5, 0.6) is 0 Å². The number of esters is 2. The summed E-state index contributed by atoms with van der Waals surface area (Å²) in [7, 11) is 0. The molecule has 10 heteroatoms. The van der Waals surface area contributed by atoms with E-state index in [1.54, 1.807) is 45.0 Å². The molecule has 2 amide bonds. The highest BCUT2D eigenvalue weighted by Crippen LogP contribution is 2.29. The third-order valence-electron chi connectivity index (χ3n) is 4.44. The maximum atomic E-state index is 12.7. The fraction of sp³-hybridized carbons (Fsp3) is 0.300. The molecule has 0 saturated heterocycles. The van der Waals surface area contributed by atoms with Crippen LogP contribution >= 0.6 is 11.6 Å². The van der Waals surface area contributed by atoms with Crippen molar-refractivity contribution in [3.8, 4) is 0 Å². The summed E-state index contributed by atoms with van der Waals surface area (Å²) in [5.74, 6) is -1.02. The number of halogens is 1. The molecular weight excluding hydrogens is 414 g/mol. The summed E-state index contributed by atoms with van der Waals surface area (Å²) in [6.07, 6.45) is 0. The van der Waals surface area contributed by atoms with Gasteiger partial charge in [-0.1, -0.05) is 28.9 Å². The van der Waals surface area contributed by atoms with Crippen LogP contribution in [0.3, 0.4) is 0 Å². The maximum Gasteiger partial charge on any atom is 0.344 e. The first-order chi connectivity index (χ1) is 14.3. The number of carbonyl (C=O) groups excluding carboxylic acids is 3. The summed E-state index contributed by atoms with van der Waals surface area (Å²) in [6.45, 7) is 4.65. The van der Waals surface area contributed by atoms with Gasteiger partial charge in [-0.25, -0.2) is 14.4 Å². The SMILES string of the molecule is CCOC(=O)C1=C(COC(=O)c2c(C)noc2C)NC(=O)NC1c1ccc(Cl)cc1. The van der Waals surface area contributed by atoms with Gasteiger partial charge in [-0.15, -0.1) is 0 Å². The van der Waals surface area contributed by atoms with Crippen LogP contribution in [0, 0.1) is 13.8 Å². The Morgan fingerprint density at radius 2 is 1.87 bits per heavy atom. The van der Waals surface area contributed by atoms with E-state index < -0.39 is 24.0 Å². The zero-order valence-corrected chi connectivity index (χ0v) is 17.3. The van der Waals surface area contributed by atoms with E-state index in [-0.39, 0.29) is 30.0 Å². The van der Waals surface area contributed by atoms with Crippen molar-refractivity contribution in [2.75, 3.05) is 13.2 Å². The summed E-state index contributed by atoms with van der Waals surface area (Å²) in [4.78, 5) is 37.4. The average Bonchev–Trinajstić information content (AvgIpc) is 3.04. The molecule has 1 atom stereocenters. The Labute approximate surface area is 177 Å². The van der Waals surface area contributed by atoms with Crippen LogP contribution in [0.15, 0.2) is 40.1 Å². The van der Waals surface area contributed by atoms with Crippen LogP contribution in [0.4, 0.5) is 4.79 Å². The van der Waals surface area contributed by atoms with Crippen molar-refractivity contribution in [1.29, 1.82) is 0 Å². The van der Waals surface area contributed by atoms with E-state index in [4.69, 9.17) is 25.6 Å². The molecule has 1 aromatic heterocycles. The third-order valence-corrected chi connectivity index (χ3v) is 4.69. The minimum Gasteiger partial charge on any atom is -0.463 e. The van der Waals surface area contributed by atoms with Gasteiger partial charge in [0.15, 0.2) is 0 Å². The Morgan fingerprint density at radius 3 is 2.47 bits per heavy atom. The molecule has 30 heavy (non-hydrogen) atoms. The summed E-state index contributed by atoms with van der Waals surface area (Å²) >= 11 is 5.94. The van der Waals surface area contributed by atoms with Gasteiger partial charge < -0.3 is 24.6 Å². The molecule has 0 radical (unpaired) electrons. The van der Waals surface area contributed by atoms with Crippen LogP contribution in [-0.2, 0) is 14.3 Å². The van der Waals surface area contributed by atoms with Gasteiger partial charge >= 0.3 is 18.0 Å². The van der Waals surface area contributed by atoms with Gasteiger partial charge in [0.05, 0.1) is 29.6 Å². The minimum atomic E-state index is -0.803. The molecule has 1 aliphatic heterocycles. The van der Waals surface area contributed by atoms with Gasteiger partial charge in [0, 0.05) is 5.02 Å². The predicted molar refractivity (Wildman–Crippen MR) is 106 cm³/mol. The molecule has 1 unspecified atom stereocenters. The van der Waals surface area contributed by atoms with Crippen LogP contribution in [0.1, 0.15) is 40.3 Å². The first kappa shape index (κ1) is 21.4. The summed E-state index contributed by atoms with van der Waals surface area (Å²) in [5, 5.41) is 9.45. The smallest absolute Gasteiger partial charge is 0.344 e. The normalized spacial score (nSPS) is 16.0. The molecule has 0 fully saturated rings. The van der Waals surface area contributed by atoms with Crippen LogP contribution in [-0.4, -0.2) is 36.3 Å². The molecule has 2 heterocycles. The minimum absolute atomic E-state index is 0.122. The Bertz CT molecular complexity index is 993. The average molecular weight is 434 g/mol. The number of hydrogen-bond donors (Lipinski definition) is 2. The van der Waals surface area contributed by atoms with Crippen molar-refractivity contribution < 1.29 is 28.4 Å². The first-order valence-electron chi connectivity index (χ1n) is 9.15. The second-order valence-electron chi connectivity index (χ2n) is 6.47. The number of benzene rings is 1. The van der Waals surface area contributed by atoms with Crippen LogP contribution in [0.2, 0.25) is 5.02 Å². The zero-order chi connectivity index (χ0) is 21.8. The molecule has 2 aromatic rings. The molecule has 1 aromatic carbocycles. The van der Waals surface area contributed by atoms with Gasteiger partial charge in [-0.3, -0.25) is 0 Å². The predicted octanol–water partition coefficient (Wildman–Crippen LogP) is 2.97. The summed E-state index contributed by atoms with van der Waals surface area (Å²) in [6, 6.07) is 5.31. The van der Waals surface area contributed by atoms with E-state index in [9.17, 15) is 14.4 Å². The number of rotatable bonds is 6. The van der Waals surface area contributed by atoms with Crippen molar-refractivity contribution in [2.45, 2.75) is 26.8 Å². The topological polar surface area (TPSA) is 120 Å². The number of nitrogens with one attached hydrogen (secondary N) is 2. The number of ether oxygens (including phenoxy) is 2. The third kappa shape index (κ3) is 4.46. The Balaban J connectivity index is 1.94. The highest BCUT2D eigenvalue weighted by molar-refractivity contribution is 6.30. The first-order valence-corrected chi connectivity index (χ1v) is 9.52. The second-order valence-corrected chi connectivity index (χ2v) is 6.91. The highest BCUT2D eigenvalue weighted by Gasteiger charge is 2.34. The highest BCUT2D eigenvalue weighted by atomic mass is 35.5. The molecule has 0 bridgehead atoms. The molecule has 1 aliphatic rings. The molecule has 0 spiro atoms. The second kappa shape index (κ2) is 9.00. The van der Waals surface area contributed by atoms with Gasteiger partial charge in [0.2, 0.25) is 0 Å². The Hall–Kier alpha value is -3.33. The van der Waals surface area contributed by atoms with E-state index in [2.05, 4.69) is 15.8 Å². The van der Waals surface area contributed by atoms with Gasteiger partial charge in [-0.05, 0) is 38.5 Å². The van der Waals surface area contributed by atoms with Crippen LogP contribution < -0.4 is 10.6 Å². The monoisotopic (exact) mass is 433 g/mol. The van der Waals surface area contributed by atoms with Crippen molar-refractivity contribution in [3.63, 3.8) is 0 Å². The standard InChI is InChI=1S/C20H20ClN3O6/c1-4-28-19(26)16-14(9-29-18(25)15-10(2)24-30-11(15)3)22-20(27)23-17(16)12-5-7-13(21)8-6-12/h5-8,17H,4,9H2,1-3H3,(H2,22,23,27). The number of hydrogen-bond acceptors (Lipinski definition) is 7. The number of nitrogens with zero attached hydrogens (tertiary/aromatic N) is 1. The molecule has 0 aliphatic carbocycles. The van der Waals surface area contributed by atoms with Gasteiger partial charge in [-0.2, -0.15) is 0 Å². The number of carbonyl (C=O) groups is 3. The summed E-state index contributed by atoms with van der Waals surface area (Å²) in [5.41, 5.74) is 1.45. The van der Waals surface area contributed by atoms with Crippen molar-refractivity contribution >= 4 is 29.6 Å². The van der Waals surface area contributed by atoms with E-state index in [0.29, 0.717) is 22.0 Å². The van der Waals surface area contributed by atoms with Crippen molar-refractivity contribution in [2.24, 2.45) is 0 Å². The lowest BCUT2D eigenvalue weighted by Crippen LogP contribution is -2.47. The number of amides is 2. The zero-order valence-electron chi connectivity index (χ0n) is 16.6. The molecular formula is C20H20ClN3O6. The lowest BCUT2D eigenvalue weighted by atomic mass is 9.95. The van der Waals surface area contributed by atoms with Crippen molar-refractivity contribution in [3.05, 3.63) is 63.1 Å². The molecule has 158 valence electrons. The Kier molecular flexibility index (Phi) is 6.41. The number of urea groups is 1. The number of aromatic nitrogens is 1. The molecule has 9 nitrogen and oxygen atoms in total. The van der Waals surface area contributed by atoms with E-state index in [0.717, 1.165) is 0 Å². The largest absolute Gasteiger partial charge is 0.463 e. The fourth-order valence-electron chi connectivity index (χ4n) is 3.07. The van der Waals surface area contributed by atoms with Gasteiger partial charge in [0.25, 0.3) is 0 Å². The molecule has 2 N–H and O–H groups in total. The molecule has 0 saturated carbocycles. The lowest BCUT2D eigenvalue weighted by Gasteiger charge is -2.29. The van der Waals surface area contributed by atoms with E-state index >= 15 is 0 Å². The van der Waals surface area contributed by atoms with Crippen LogP contribution in [0.25, 0.3) is 0 Å². The quantitative estimate of drug-likeness (QED) is 0.672. The maximum absolute atomic E-state index is 12.7. The number of aryl methyl sites for hydroxylation is 2. The lowest BCUT2D eigenvalue weighted by molar-refractivity contribution is -0.139. The van der Waals surface area contributed by atoms with Crippen molar-refractivity contribution in [1.82, 2.24) is 15.8 Å². The van der Waals surface area contributed by atoms with E-state index in [1.165, 1.54) is 0 Å². The summed E-state index contributed by atoms with van der Waals surface area (Å²) < 4.78 is 15.5. The van der Waals surface area contributed by atoms with Gasteiger partial charge in [0.1, 0.15) is 17.9 Å². The van der Waals surface area contributed by atoms with E-state index in [1.807, 2.05) is 0 Å².